The minimum Gasteiger partial charge on any atom is -0.481 e. The zero-order chi connectivity index (χ0) is 15.0. The Hall–Kier alpha value is -2.34. The van der Waals surface area contributed by atoms with Gasteiger partial charge < -0.3 is 14.2 Å². The predicted octanol–water partition coefficient (Wildman–Crippen LogP) is 1.22. The van der Waals surface area contributed by atoms with Crippen molar-refractivity contribution in [1.29, 1.82) is 0 Å². The fraction of sp³-hybridized carbons (Fsp3) is 0.333. The van der Waals surface area contributed by atoms with Crippen LogP contribution in [0.2, 0.25) is 0 Å². The fourth-order valence-electron chi connectivity index (χ4n) is 2.43. The van der Waals surface area contributed by atoms with Crippen molar-refractivity contribution in [3.05, 3.63) is 40.8 Å². The van der Waals surface area contributed by atoms with E-state index in [0.29, 0.717) is 17.9 Å². The first-order valence-electron chi connectivity index (χ1n) is 6.81. The second-order valence-electron chi connectivity index (χ2n) is 5.22. The van der Waals surface area contributed by atoms with Crippen molar-refractivity contribution < 1.29 is 4.74 Å². The van der Waals surface area contributed by atoms with Gasteiger partial charge in [-0.25, -0.2) is 0 Å². The number of pyridine rings is 1. The van der Waals surface area contributed by atoms with Gasteiger partial charge in [0.05, 0.1) is 12.6 Å². The van der Waals surface area contributed by atoms with E-state index in [0.717, 1.165) is 17.7 Å². The Morgan fingerprint density at radius 3 is 2.76 bits per heavy atom. The maximum absolute atomic E-state index is 12.6. The van der Waals surface area contributed by atoms with Crippen LogP contribution in [0, 0.1) is 0 Å². The lowest BCUT2D eigenvalue weighted by atomic mass is 10.3. The maximum atomic E-state index is 12.6. The molecule has 6 nitrogen and oxygen atoms in total. The van der Waals surface area contributed by atoms with Crippen LogP contribution in [0.1, 0.15) is 0 Å². The number of methoxy groups -OCH3 is 1. The van der Waals surface area contributed by atoms with Crippen LogP contribution in [0.25, 0.3) is 16.7 Å². The second kappa shape index (κ2) is 5.21. The summed E-state index contributed by atoms with van der Waals surface area (Å²) in [5, 5.41) is 0. The highest BCUT2D eigenvalue weighted by Crippen LogP contribution is 2.17. The smallest absolute Gasteiger partial charge is 0.275 e. The third-order valence-corrected chi connectivity index (χ3v) is 3.54. The Morgan fingerprint density at radius 2 is 2.05 bits per heavy atom. The van der Waals surface area contributed by atoms with Gasteiger partial charge in [0.15, 0.2) is 5.65 Å². The van der Waals surface area contributed by atoms with Gasteiger partial charge in [0, 0.05) is 25.4 Å². The van der Waals surface area contributed by atoms with Gasteiger partial charge in [-0.1, -0.05) is 0 Å². The van der Waals surface area contributed by atoms with Crippen LogP contribution in [-0.4, -0.2) is 46.6 Å². The maximum Gasteiger partial charge on any atom is 0.275 e. The van der Waals surface area contributed by atoms with Crippen molar-refractivity contribution >= 4 is 16.7 Å². The molecule has 110 valence electrons. The average Bonchev–Trinajstić information content (AvgIpc) is 2.96. The van der Waals surface area contributed by atoms with E-state index in [9.17, 15) is 4.79 Å². The molecule has 3 heterocycles. The molecule has 0 aliphatic carbocycles. The Balaban J connectivity index is 2.32. The molecule has 0 unspecified atom stereocenters. The van der Waals surface area contributed by atoms with E-state index in [1.165, 1.54) is 0 Å². The van der Waals surface area contributed by atoms with E-state index in [1.807, 2.05) is 42.9 Å². The molecule has 6 heteroatoms. The highest BCUT2D eigenvalue weighted by Gasteiger charge is 2.12. The summed E-state index contributed by atoms with van der Waals surface area (Å²) in [6, 6.07) is 7.34. The first kappa shape index (κ1) is 13.6. The van der Waals surface area contributed by atoms with Crippen molar-refractivity contribution in [3.63, 3.8) is 0 Å². The first-order valence-corrected chi connectivity index (χ1v) is 6.81. The van der Waals surface area contributed by atoms with E-state index >= 15 is 0 Å². The van der Waals surface area contributed by atoms with Crippen LogP contribution < -0.4 is 10.3 Å². The van der Waals surface area contributed by atoms with Gasteiger partial charge in [0.1, 0.15) is 5.52 Å². The molecule has 0 aromatic carbocycles. The third kappa shape index (κ3) is 2.27. The second-order valence-corrected chi connectivity index (χ2v) is 5.22. The van der Waals surface area contributed by atoms with E-state index in [-0.39, 0.29) is 5.56 Å². The summed E-state index contributed by atoms with van der Waals surface area (Å²) in [6.45, 7) is 1.41. The average molecular weight is 286 g/mol. The van der Waals surface area contributed by atoms with Crippen molar-refractivity contribution in [1.82, 2.24) is 18.9 Å². The lowest BCUT2D eigenvalue weighted by Crippen LogP contribution is -2.28. The van der Waals surface area contributed by atoms with Crippen LogP contribution in [0.15, 0.2) is 35.3 Å². The van der Waals surface area contributed by atoms with Crippen molar-refractivity contribution in [2.45, 2.75) is 6.54 Å². The van der Waals surface area contributed by atoms with Crippen LogP contribution >= 0.6 is 0 Å². The minimum atomic E-state index is 0.00122. The quantitative estimate of drug-likeness (QED) is 0.723. The number of rotatable bonds is 4. The largest absolute Gasteiger partial charge is 0.481 e. The van der Waals surface area contributed by atoms with E-state index < -0.39 is 0 Å². The topological polar surface area (TPSA) is 51.8 Å². The fourth-order valence-corrected chi connectivity index (χ4v) is 2.43. The molecule has 0 N–H and O–H groups in total. The van der Waals surface area contributed by atoms with Crippen LogP contribution in [0.3, 0.4) is 0 Å². The molecular weight excluding hydrogens is 268 g/mol. The SMILES string of the molecule is COc1ccc2c(n1)n1cccc1c(=O)n2CCN(C)C. The monoisotopic (exact) mass is 286 g/mol. The van der Waals surface area contributed by atoms with Gasteiger partial charge in [-0.3, -0.25) is 9.20 Å². The molecule has 3 aromatic rings. The number of ether oxygens (including phenoxy) is 1. The molecular formula is C15H18N4O2. The Morgan fingerprint density at radius 1 is 1.24 bits per heavy atom. The lowest BCUT2D eigenvalue weighted by Gasteiger charge is -2.15. The zero-order valence-electron chi connectivity index (χ0n) is 12.4. The molecule has 0 saturated carbocycles. The molecule has 21 heavy (non-hydrogen) atoms. The third-order valence-electron chi connectivity index (χ3n) is 3.54. The van der Waals surface area contributed by atoms with Gasteiger partial charge in [-0.15, -0.1) is 0 Å². The normalized spacial score (nSPS) is 11.6. The molecule has 0 amide bonds. The Bertz CT molecular complexity index is 848. The Labute approximate surface area is 122 Å². The van der Waals surface area contributed by atoms with Crippen LogP contribution in [-0.2, 0) is 6.54 Å². The number of hydrogen-bond donors (Lipinski definition) is 0. The lowest BCUT2D eigenvalue weighted by molar-refractivity contribution is 0.383. The molecule has 0 spiro atoms. The zero-order valence-corrected chi connectivity index (χ0v) is 12.4. The molecule has 0 saturated heterocycles. The summed E-state index contributed by atoms with van der Waals surface area (Å²) in [6.07, 6.45) is 1.85. The highest BCUT2D eigenvalue weighted by molar-refractivity contribution is 5.75. The van der Waals surface area contributed by atoms with E-state index in [1.54, 1.807) is 17.7 Å². The van der Waals surface area contributed by atoms with E-state index in [4.69, 9.17) is 4.74 Å². The number of nitrogens with zero attached hydrogens (tertiary/aromatic N) is 4. The summed E-state index contributed by atoms with van der Waals surface area (Å²) in [7, 11) is 5.57. The predicted molar refractivity (Wildman–Crippen MR) is 82.1 cm³/mol. The number of hydrogen-bond acceptors (Lipinski definition) is 4. The van der Waals surface area contributed by atoms with Crippen LogP contribution in [0.5, 0.6) is 5.88 Å². The standard InChI is InChI=1S/C15H18N4O2/c1-17(2)9-10-19-11-6-7-13(21-3)16-14(11)18-8-4-5-12(18)15(19)20/h4-8H,9-10H2,1-3H3. The van der Waals surface area contributed by atoms with Gasteiger partial charge in [-0.05, 0) is 32.3 Å². The summed E-state index contributed by atoms with van der Waals surface area (Å²) in [5.41, 5.74) is 2.17. The highest BCUT2D eigenvalue weighted by atomic mass is 16.5. The summed E-state index contributed by atoms with van der Waals surface area (Å²) in [5.74, 6) is 0.537. The van der Waals surface area contributed by atoms with E-state index in [2.05, 4.69) is 9.88 Å². The molecule has 0 aliphatic heterocycles. The van der Waals surface area contributed by atoms with Crippen molar-refractivity contribution in [2.24, 2.45) is 0 Å². The van der Waals surface area contributed by atoms with Crippen molar-refractivity contribution in [2.75, 3.05) is 27.7 Å². The molecule has 0 aliphatic rings. The first-order chi connectivity index (χ1) is 10.1. The van der Waals surface area contributed by atoms with Gasteiger partial charge >= 0.3 is 0 Å². The molecule has 0 atom stereocenters. The number of fused-ring (bicyclic) bond motifs is 3. The van der Waals surface area contributed by atoms with Crippen LogP contribution in [0.4, 0.5) is 0 Å². The van der Waals surface area contributed by atoms with Gasteiger partial charge in [0.25, 0.3) is 5.56 Å². The van der Waals surface area contributed by atoms with Gasteiger partial charge in [-0.2, -0.15) is 4.98 Å². The summed E-state index contributed by atoms with van der Waals surface area (Å²) in [4.78, 5) is 19.2. The number of likely N-dealkylation sites (N-methyl/N-ethyl adjacent to an activating group) is 1. The molecule has 0 fully saturated rings. The molecule has 3 aromatic heterocycles. The molecule has 0 bridgehead atoms. The van der Waals surface area contributed by atoms with Crippen molar-refractivity contribution in [3.8, 4) is 5.88 Å². The summed E-state index contributed by atoms with van der Waals surface area (Å²) >= 11 is 0. The molecule has 3 rings (SSSR count). The number of aromatic nitrogens is 3. The van der Waals surface area contributed by atoms with Gasteiger partial charge in [0.2, 0.25) is 5.88 Å². The molecule has 0 radical (unpaired) electrons. The minimum absolute atomic E-state index is 0.00122. The Kier molecular flexibility index (Phi) is 3.39. The summed E-state index contributed by atoms with van der Waals surface area (Å²) < 4.78 is 8.78.